The second-order valence-electron chi connectivity index (χ2n) is 6.92. The molecule has 4 rings (SSSR count). The van der Waals surface area contributed by atoms with Gasteiger partial charge in [-0.05, 0) is 54.5 Å². The van der Waals surface area contributed by atoms with E-state index >= 15 is 0 Å². The summed E-state index contributed by atoms with van der Waals surface area (Å²) in [4.78, 5) is 16.8. The molecule has 0 atom stereocenters. The first-order valence-electron chi connectivity index (χ1n) is 9.64. The minimum Gasteiger partial charge on any atom is -0.339 e. The van der Waals surface area contributed by atoms with E-state index in [1.54, 1.807) is 4.68 Å². The lowest BCUT2D eigenvalue weighted by Gasteiger charge is -2.07. The standard InChI is InChI=1S/C21H21N7O2/c1-14-7-3-4-10-18(14)21-23-20(30-25-21)12-6-11-19(29)22-16-8-5-9-17(13-16)28-15(2)24-26-27-28/h3-5,7-10,13H,6,11-12H2,1-2H3,(H,22,29). The van der Waals surface area contributed by atoms with Crippen LogP contribution in [0.15, 0.2) is 53.1 Å². The molecule has 4 aromatic rings. The number of benzene rings is 2. The summed E-state index contributed by atoms with van der Waals surface area (Å²) in [6.45, 7) is 3.82. The summed E-state index contributed by atoms with van der Waals surface area (Å²) in [6.07, 6.45) is 1.49. The molecule has 2 aromatic heterocycles. The van der Waals surface area contributed by atoms with Gasteiger partial charge < -0.3 is 9.84 Å². The Morgan fingerprint density at radius 2 is 2.00 bits per heavy atom. The molecule has 0 aliphatic rings. The van der Waals surface area contributed by atoms with E-state index in [0.29, 0.717) is 42.5 Å². The number of aromatic nitrogens is 6. The van der Waals surface area contributed by atoms with Crippen molar-refractivity contribution < 1.29 is 9.32 Å². The van der Waals surface area contributed by atoms with E-state index in [2.05, 4.69) is 31.0 Å². The average Bonchev–Trinajstić information content (AvgIpc) is 3.37. The number of carbonyl (C=O) groups is 1. The van der Waals surface area contributed by atoms with Gasteiger partial charge in [-0.15, -0.1) is 5.10 Å². The summed E-state index contributed by atoms with van der Waals surface area (Å²) in [5, 5.41) is 18.4. The maximum absolute atomic E-state index is 12.3. The molecule has 0 bridgehead atoms. The molecule has 1 N–H and O–H groups in total. The van der Waals surface area contributed by atoms with Crippen molar-refractivity contribution in [1.82, 2.24) is 30.3 Å². The van der Waals surface area contributed by atoms with E-state index in [9.17, 15) is 4.79 Å². The summed E-state index contributed by atoms with van der Waals surface area (Å²) in [5.41, 5.74) is 3.50. The lowest BCUT2D eigenvalue weighted by Crippen LogP contribution is -2.12. The lowest BCUT2D eigenvalue weighted by molar-refractivity contribution is -0.116. The number of anilines is 1. The van der Waals surface area contributed by atoms with Gasteiger partial charge in [0.15, 0.2) is 5.82 Å². The maximum Gasteiger partial charge on any atom is 0.226 e. The zero-order chi connectivity index (χ0) is 20.9. The van der Waals surface area contributed by atoms with Gasteiger partial charge in [0.1, 0.15) is 0 Å². The van der Waals surface area contributed by atoms with Gasteiger partial charge in [-0.1, -0.05) is 35.5 Å². The van der Waals surface area contributed by atoms with Crippen molar-refractivity contribution in [3.63, 3.8) is 0 Å². The summed E-state index contributed by atoms with van der Waals surface area (Å²) in [6, 6.07) is 15.3. The molecule has 0 unspecified atom stereocenters. The zero-order valence-corrected chi connectivity index (χ0v) is 16.7. The average molecular weight is 403 g/mol. The molecule has 152 valence electrons. The number of nitrogens with zero attached hydrogens (tertiary/aromatic N) is 6. The van der Waals surface area contributed by atoms with Gasteiger partial charge in [-0.2, -0.15) is 9.67 Å². The zero-order valence-electron chi connectivity index (χ0n) is 16.7. The van der Waals surface area contributed by atoms with Crippen molar-refractivity contribution in [2.75, 3.05) is 5.32 Å². The number of tetrazole rings is 1. The third kappa shape index (κ3) is 4.40. The molecule has 2 aromatic carbocycles. The minimum absolute atomic E-state index is 0.0840. The van der Waals surface area contributed by atoms with Gasteiger partial charge in [-0.25, -0.2) is 0 Å². The molecule has 0 fully saturated rings. The Hall–Kier alpha value is -3.88. The molecule has 0 saturated heterocycles. The fraction of sp³-hybridized carbons (Fsp3) is 0.238. The van der Waals surface area contributed by atoms with E-state index in [-0.39, 0.29) is 5.91 Å². The van der Waals surface area contributed by atoms with Crippen LogP contribution in [-0.4, -0.2) is 36.3 Å². The Kier molecular flexibility index (Phi) is 5.60. The Morgan fingerprint density at radius 1 is 1.13 bits per heavy atom. The second-order valence-corrected chi connectivity index (χ2v) is 6.92. The van der Waals surface area contributed by atoms with Crippen molar-refractivity contribution in [2.45, 2.75) is 33.1 Å². The first-order valence-corrected chi connectivity index (χ1v) is 9.64. The Bertz CT molecular complexity index is 1170. The number of amides is 1. The van der Waals surface area contributed by atoms with Crippen LogP contribution in [0.4, 0.5) is 5.69 Å². The Morgan fingerprint density at radius 3 is 2.80 bits per heavy atom. The van der Waals surface area contributed by atoms with Crippen molar-refractivity contribution in [3.8, 4) is 17.1 Å². The molecular weight excluding hydrogens is 382 g/mol. The fourth-order valence-corrected chi connectivity index (χ4v) is 3.10. The predicted octanol–water partition coefficient (Wildman–Crippen LogP) is 3.29. The summed E-state index contributed by atoms with van der Waals surface area (Å²) in [5.74, 6) is 1.68. The van der Waals surface area contributed by atoms with Crippen LogP contribution in [0.3, 0.4) is 0 Å². The molecule has 0 spiro atoms. The number of hydrogen-bond acceptors (Lipinski definition) is 7. The van der Waals surface area contributed by atoms with E-state index in [0.717, 1.165) is 16.8 Å². The highest BCUT2D eigenvalue weighted by molar-refractivity contribution is 5.90. The van der Waals surface area contributed by atoms with Crippen molar-refractivity contribution in [2.24, 2.45) is 0 Å². The second kappa shape index (κ2) is 8.64. The molecule has 2 heterocycles. The van der Waals surface area contributed by atoms with Gasteiger partial charge in [0.05, 0.1) is 5.69 Å². The summed E-state index contributed by atoms with van der Waals surface area (Å²) in [7, 11) is 0. The maximum atomic E-state index is 12.3. The highest BCUT2D eigenvalue weighted by Crippen LogP contribution is 2.20. The van der Waals surface area contributed by atoms with Gasteiger partial charge in [0.2, 0.25) is 17.6 Å². The first-order chi connectivity index (χ1) is 14.6. The number of rotatable bonds is 7. The Labute approximate surface area is 173 Å². The minimum atomic E-state index is -0.0840. The highest BCUT2D eigenvalue weighted by atomic mass is 16.5. The van der Waals surface area contributed by atoms with Crippen LogP contribution in [-0.2, 0) is 11.2 Å². The van der Waals surface area contributed by atoms with Gasteiger partial charge in [-0.3, -0.25) is 4.79 Å². The number of hydrogen-bond donors (Lipinski definition) is 1. The largest absolute Gasteiger partial charge is 0.339 e. The smallest absolute Gasteiger partial charge is 0.226 e. The van der Waals surface area contributed by atoms with Crippen LogP contribution in [0.5, 0.6) is 0 Å². The molecule has 9 nitrogen and oxygen atoms in total. The van der Waals surface area contributed by atoms with Gasteiger partial charge in [0, 0.05) is 24.1 Å². The molecule has 0 aliphatic heterocycles. The third-order valence-corrected chi connectivity index (χ3v) is 4.65. The quantitative estimate of drug-likeness (QED) is 0.504. The molecule has 1 amide bonds. The van der Waals surface area contributed by atoms with Gasteiger partial charge >= 0.3 is 0 Å². The predicted molar refractivity (Wildman–Crippen MR) is 110 cm³/mol. The van der Waals surface area contributed by atoms with Crippen LogP contribution in [0.1, 0.15) is 30.1 Å². The van der Waals surface area contributed by atoms with Crippen LogP contribution < -0.4 is 5.32 Å². The summed E-state index contributed by atoms with van der Waals surface area (Å²) >= 11 is 0. The monoisotopic (exact) mass is 403 g/mol. The highest BCUT2D eigenvalue weighted by Gasteiger charge is 2.12. The molecule has 0 radical (unpaired) electrons. The van der Waals surface area contributed by atoms with Crippen LogP contribution in [0, 0.1) is 13.8 Å². The molecule has 0 aliphatic carbocycles. The molecule has 30 heavy (non-hydrogen) atoms. The van der Waals surface area contributed by atoms with Gasteiger partial charge in [0.25, 0.3) is 0 Å². The van der Waals surface area contributed by atoms with Crippen molar-refractivity contribution >= 4 is 11.6 Å². The normalized spacial score (nSPS) is 10.9. The number of aryl methyl sites for hydroxylation is 3. The van der Waals surface area contributed by atoms with E-state index in [1.807, 2.05) is 62.4 Å². The Balaban J connectivity index is 1.31. The van der Waals surface area contributed by atoms with Crippen molar-refractivity contribution in [1.29, 1.82) is 0 Å². The third-order valence-electron chi connectivity index (χ3n) is 4.65. The van der Waals surface area contributed by atoms with Crippen LogP contribution in [0.2, 0.25) is 0 Å². The van der Waals surface area contributed by atoms with E-state index < -0.39 is 0 Å². The van der Waals surface area contributed by atoms with E-state index in [1.165, 1.54) is 0 Å². The van der Waals surface area contributed by atoms with Crippen molar-refractivity contribution in [3.05, 3.63) is 65.8 Å². The van der Waals surface area contributed by atoms with Crippen LogP contribution >= 0.6 is 0 Å². The molecular formula is C21H21N7O2. The van der Waals surface area contributed by atoms with E-state index in [4.69, 9.17) is 4.52 Å². The first kappa shape index (κ1) is 19.4. The molecule has 9 heteroatoms. The fourth-order valence-electron chi connectivity index (χ4n) is 3.10. The SMILES string of the molecule is Cc1ccccc1-c1noc(CCCC(=O)Nc2cccc(-n3nnnc3C)c2)n1. The lowest BCUT2D eigenvalue weighted by atomic mass is 10.1. The number of nitrogens with one attached hydrogen (secondary N) is 1. The topological polar surface area (TPSA) is 112 Å². The number of carbonyl (C=O) groups excluding carboxylic acids is 1. The van der Waals surface area contributed by atoms with Crippen LogP contribution in [0.25, 0.3) is 17.1 Å². The summed E-state index contributed by atoms with van der Waals surface area (Å²) < 4.78 is 6.94. The molecule has 0 saturated carbocycles.